The fourth-order valence-electron chi connectivity index (χ4n) is 1.64. The minimum atomic E-state index is -3.24. The minimum absolute atomic E-state index is 0.0764. The summed E-state index contributed by atoms with van der Waals surface area (Å²) < 4.78 is 25.9. The second kappa shape index (κ2) is 3.05. The molecule has 1 aliphatic heterocycles. The third kappa shape index (κ3) is 1.23. The van der Waals surface area contributed by atoms with Gasteiger partial charge in [0.05, 0.1) is 4.90 Å². The van der Waals surface area contributed by atoms with E-state index < -0.39 is 10.0 Å². The predicted octanol–water partition coefficient (Wildman–Crippen LogP) is 2.14. The van der Waals surface area contributed by atoms with E-state index in [1.807, 2.05) is 13.0 Å². The third-order valence-corrected chi connectivity index (χ3v) is 5.12. The molecule has 0 amide bonds. The highest BCUT2D eigenvalue weighted by Gasteiger charge is 2.37. The van der Waals surface area contributed by atoms with Crippen LogP contribution in [0, 0.1) is 0 Å². The lowest BCUT2D eigenvalue weighted by Gasteiger charge is -2.12. The van der Waals surface area contributed by atoms with E-state index in [-0.39, 0.29) is 6.04 Å². The summed E-state index contributed by atoms with van der Waals surface area (Å²) in [4.78, 5) is 0.427. The highest BCUT2D eigenvalue weighted by Crippen LogP contribution is 2.38. The van der Waals surface area contributed by atoms with Gasteiger partial charge < -0.3 is 0 Å². The molecule has 0 N–H and O–H groups in total. The molecule has 0 spiro atoms. The van der Waals surface area contributed by atoms with Crippen molar-refractivity contribution in [1.82, 2.24) is 4.31 Å². The molecule has 1 heterocycles. The first-order valence-electron chi connectivity index (χ1n) is 4.22. The maximum atomic E-state index is 11.8. The summed E-state index contributed by atoms with van der Waals surface area (Å²) in [6.07, 6.45) is 0. The van der Waals surface area contributed by atoms with Gasteiger partial charge in [-0.15, -0.1) is 0 Å². The van der Waals surface area contributed by atoms with Crippen LogP contribution in [0.2, 0.25) is 0 Å². The zero-order valence-corrected chi connectivity index (χ0v) is 10.3. The molecule has 1 unspecified atom stereocenters. The Hall–Kier alpha value is -0.390. The van der Waals surface area contributed by atoms with Crippen molar-refractivity contribution < 1.29 is 8.42 Å². The summed E-state index contributed by atoms with van der Waals surface area (Å²) in [7, 11) is -1.63. The summed E-state index contributed by atoms with van der Waals surface area (Å²) in [5, 5.41) is 0. The average molecular weight is 276 g/mol. The van der Waals surface area contributed by atoms with E-state index in [2.05, 4.69) is 15.9 Å². The Morgan fingerprint density at radius 1 is 1.43 bits per heavy atom. The van der Waals surface area contributed by atoms with Crippen molar-refractivity contribution >= 4 is 26.0 Å². The SMILES string of the molecule is CC1c2cc(Br)ccc2S(=O)(=O)N1C. The molecule has 0 aliphatic carbocycles. The number of sulfonamides is 1. The first-order chi connectivity index (χ1) is 6.44. The van der Waals surface area contributed by atoms with Crippen LogP contribution in [0.1, 0.15) is 18.5 Å². The van der Waals surface area contributed by atoms with Gasteiger partial charge in [-0.1, -0.05) is 15.9 Å². The monoisotopic (exact) mass is 275 g/mol. The number of hydrogen-bond acceptors (Lipinski definition) is 2. The van der Waals surface area contributed by atoms with Crippen molar-refractivity contribution in [3.63, 3.8) is 0 Å². The van der Waals surface area contributed by atoms with E-state index in [1.54, 1.807) is 19.2 Å². The quantitative estimate of drug-likeness (QED) is 0.728. The molecule has 3 nitrogen and oxygen atoms in total. The largest absolute Gasteiger partial charge is 0.243 e. The number of rotatable bonds is 0. The second-order valence-corrected chi connectivity index (χ2v) is 6.26. The average Bonchev–Trinajstić information content (AvgIpc) is 2.28. The van der Waals surface area contributed by atoms with Crippen LogP contribution < -0.4 is 0 Å². The van der Waals surface area contributed by atoms with E-state index in [0.717, 1.165) is 10.0 Å². The van der Waals surface area contributed by atoms with Gasteiger partial charge in [0, 0.05) is 17.6 Å². The van der Waals surface area contributed by atoms with Crippen molar-refractivity contribution in [2.45, 2.75) is 17.9 Å². The van der Waals surface area contributed by atoms with Crippen molar-refractivity contribution in [2.75, 3.05) is 7.05 Å². The highest BCUT2D eigenvalue weighted by molar-refractivity contribution is 9.10. The van der Waals surface area contributed by atoms with E-state index in [0.29, 0.717) is 4.90 Å². The van der Waals surface area contributed by atoms with Crippen molar-refractivity contribution in [3.05, 3.63) is 28.2 Å². The Bertz CT molecular complexity index is 484. The number of benzene rings is 1. The predicted molar refractivity (Wildman–Crippen MR) is 57.5 cm³/mol. The smallest absolute Gasteiger partial charge is 0.207 e. The van der Waals surface area contributed by atoms with Crippen LogP contribution in [-0.2, 0) is 10.0 Å². The molecule has 76 valence electrons. The summed E-state index contributed by atoms with van der Waals surface area (Å²) in [5.41, 5.74) is 0.863. The number of nitrogens with zero attached hydrogens (tertiary/aromatic N) is 1. The van der Waals surface area contributed by atoms with Gasteiger partial charge in [0.2, 0.25) is 10.0 Å². The summed E-state index contributed by atoms with van der Waals surface area (Å²) in [6.45, 7) is 1.88. The zero-order valence-electron chi connectivity index (χ0n) is 7.86. The van der Waals surface area contributed by atoms with Gasteiger partial charge in [0.1, 0.15) is 0 Å². The lowest BCUT2D eigenvalue weighted by Crippen LogP contribution is -2.21. The topological polar surface area (TPSA) is 37.4 Å². The Labute approximate surface area is 91.9 Å². The number of hydrogen-bond donors (Lipinski definition) is 0. The van der Waals surface area contributed by atoms with Gasteiger partial charge in [0.15, 0.2) is 0 Å². The molecule has 14 heavy (non-hydrogen) atoms. The van der Waals surface area contributed by atoms with E-state index in [1.165, 1.54) is 4.31 Å². The Kier molecular flexibility index (Phi) is 2.21. The summed E-state index contributed by atoms with van der Waals surface area (Å²) >= 11 is 3.34. The standard InChI is InChI=1S/C9H10BrNO2S/c1-6-8-5-7(10)3-4-9(8)14(12,13)11(6)2/h3-6H,1-2H3. The molecule has 1 aromatic rings. The molecule has 0 bridgehead atoms. The molecular formula is C9H10BrNO2S. The zero-order chi connectivity index (χ0) is 10.5. The van der Waals surface area contributed by atoms with Crippen LogP contribution in [0.4, 0.5) is 0 Å². The molecule has 2 rings (SSSR count). The molecule has 0 saturated heterocycles. The molecule has 5 heteroatoms. The normalized spacial score (nSPS) is 24.9. The second-order valence-electron chi connectivity index (χ2n) is 3.38. The molecule has 1 atom stereocenters. The van der Waals surface area contributed by atoms with Crippen LogP contribution in [0.15, 0.2) is 27.6 Å². The van der Waals surface area contributed by atoms with Crippen LogP contribution in [0.25, 0.3) is 0 Å². The van der Waals surface area contributed by atoms with Crippen LogP contribution in [-0.4, -0.2) is 19.8 Å². The lowest BCUT2D eigenvalue weighted by molar-refractivity contribution is 0.420. The maximum Gasteiger partial charge on any atom is 0.243 e. The van der Waals surface area contributed by atoms with Gasteiger partial charge in [-0.3, -0.25) is 0 Å². The van der Waals surface area contributed by atoms with E-state index >= 15 is 0 Å². The molecule has 0 radical (unpaired) electrons. The number of halogens is 1. The van der Waals surface area contributed by atoms with Gasteiger partial charge in [0.25, 0.3) is 0 Å². The maximum absolute atomic E-state index is 11.8. The Balaban J connectivity index is 2.75. The minimum Gasteiger partial charge on any atom is -0.207 e. The first kappa shape index (κ1) is 10.1. The molecule has 0 fully saturated rings. The first-order valence-corrected chi connectivity index (χ1v) is 6.45. The number of fused-ring (bicyclic) bond motifs is 1. The molecule has 1 aromatic carbocycles. The van der Waals surface area contributed by atoms with Crippen molar-refractivity contribution in [3.8, 4) is 0 Å². The van der Waals surface area contributed by atoms with Crippen LogP contribution in [0.3, 0.4) is 0 Å². The van der Waals surface area contributed by atoms with E-state index in [9.17, 15) is 8.42 Å². The fourth-order valence-corrected chi connectivity index (χ4v) is 3.63. The van der Waals surface area contributed by atoms with Gasteiger partial charge in [-0.2, -0.15) is 4.31 Å². The molecule has 1 aliphatic rings. The van der Waals surface area contributed by atoms with Crippen molar-refractivity contribution in [1.29, 1.82) is 0 Å². The van der Waals surface area contributed by atoms with Crippen LogP contribution >= 0.6 is 15.9 Å². The fraction of sp³-hybridized carbons (Fsp3) is 0.333. The van der Waals surface area contributed by atoms with Crippen molar-refractivity contribution in [2.24, 2.45) is 0 Å². The van der Waals surface area contributed by atoms with E-state index in [4.69, 9.17) is 0 Å². The Morgan fingerprint density at radius 2 is 2.07 bits per heavy atom. The van der Waals surface area contributed by atoms with Gasteiger partial charge >= 0.3 is 0 Å². The molecular weight excluding hydrogens is 266 g/mol. The molecule has 0 aromatic heterocycles. The molecule has 0 saturated carbocycles. The summed E-state index contributed by atoms with van der Waals surface area (Å²) in [5.74, 6) is 0. The van der Waals surface area contributed by atoms with Gasteiger partial charge in [-0.25, -0.2) is 8.42 Å². The van der Waals surface area contributed by atoms with Crippen LogP contribution in [0.5, 0.6) is 0 Å². The third-order valence-electron chi connectivity index (χ3n) is 2.62. The highest BCUT2D eigenvalue weighted by atomic mass is 79.9. The Morgan fingerprint density at radius 3 is 2.71 bits per heavy atom. The lowest BCUT2D eigenvalue weighted by atomic mass is 10.1. The summed E-state index contributed by atoms with van der Waals surface area (Å²) in [6, 6.07) is 5.19. The van der Waals surface area contributed by atoms with Gasteiger partial charge in [-0.05, 0) is 30.7 Å².